The van der Waals surface area contributed by atoms with Gasteiger partial charge in [-0.2, -0.15) is 0 Å². The zero-order valence-corrected chi connectivity index (χ0v) is 8.23. The molecule has 0 aliphatic heterocycles. The van der Waals surface area contributed by atoms with Gasteiger partial charge in [0.05, 0.1) is 17.1 Å². The van der Waals surface area contributed by atoms with Crippen LogP contribution in [0.15, 0.2) is 5.38 Å². The molecule has 0 aliphatic rings. The van der Waals surface area contributed by atoms with Crippen molar-refractivity contribution in [3.63, 3.8) is 0 Å². The fourth-order valence-corrected chi connectivity index (χ4v) is 1.73. The zero-order valence-electron chi connectivity index (χ0n) is 7.41. The number of aromatic nitrogens is 1. The molecule has 0 unspecified atom stereocenters. The average molecular weight is 200 g/mol. The Bertz CT molecular complexity index is 285. The second-order valence-electron chi connectivity index (χ2n) is 2.66. The van der Waals surface area contributed by atoms with Gasteiger partial charge in [-0.1, -0.05) is 0 Å². The Balaban J connectivity index is 2.48. The fraction of sp³-hybridized carbons (Fsp3) is 0.500. The zero-order chi connectivity index (χ0) is 9.68. The number of likely N-dealkylation sites (N-methyl/N-ethyl adjacent to an activating group) is 1. The predicted octanol–water partition coefficient (Wildman–Crippen LogP) is 0.532. The van der Waals surface area contributed by atoms with Gasteiger partial charge in [0, 0.05) is 18.3 Å². The number of aliphatic carboxylic acids is 1. The second kappa shape index (κ2) is 4.94. The average Bonchev–Trinajstić information content (AvgIpc) is 2.48. The molecule has 72 valence electrons. The van der Waals surface area contributed by atoms with E-state index in [0.29, 0.717) is 5.69 Å². The molecular weight excluding hydrogens is 188 g/mol. The van der Waals surface area contributed by atoms with Crippen LogP contribution in [0.3, 0.4) is 0 Å². The van der Waals surface area contributed by atoms with E-state index in [1.165, 1.54) is 11.3 Å². The topological polar surface area (TPSA) is 62.2 Å². The Hall–Kier alpha value is -0.940. The molecule has 0 bridgehead atoms. The molecular formula is C8H12N2O2S. The summed E-state index contributed by atoms with van der Waals surface area (Å²) < 4.78 is 0. The summed E-state index contributed by atoms with van der Waals surface area (Å²) in [6, 6.07) is 0. The first-order valence-electron chi connectivity index (χ1n) is 4.02. The lowest BCUT2D eigenvalue weighted by Crippen LogP contribution is -2.10. The van der Waals surface area contributed by atoms with Crippen molar-refractivity contribution < 1.29 is 9.90 Å². The highest BCUT2D eigenvalue weighted by molar-refractivity contribution is 7.09. The van der Waals surface area contributed by atoms with E-state index in [2.05, 4.69) is 10.3 Å². The first kappa shape index (κ1) is 10.1. The maximum atomic E-state index is 10.3. The molecule has 13 heavy (non-hydrogen) atoms. The molecule has 5 heteroatoms. The van der Waals surface area contributed by atoms with Crippen molar-refractivity contribution in [2.45, 2.75) is 12.8 Å². The van der Waals surface area contributed by atoms with Gasteiger partial charge in [-0.3, -0.25) is 4.79 Å². The summed E-state index contributed by atoms with van der Waals surface area (Å²) in [5.41, 5.74) is 0.656. The van der Waals surface area contributed by atoms with Gasteiger partial charge in [0.15, 0.2) is 0 Å². The molecule has 0 saturated heterocycles. The van der Waals surface area contributed by atoms with Crippen LogP contribution in [0.5, 0.6) is 0 Å². The number of carbonyl (C=O) groups is 1. The molecule has 1 aromatic rings. The highest BCUT2D eigenvalue weighted by Gasteiger charge is 2.05. The highest BCUT2D eigenvalue weighted by atomic mass is 32.1. The number of thiazole rings is 1. The number of rotatable bonds is 5. The third-order valence-corrected chi connectivity index (χ3v) is 2.48. The Kier molecular flexibility index (Phi) is 3.85. The van der Waals surface area contributed by atoms with Crippen molar-refractivity contribution >= 4 is 17.3 Å². The highest BCUT2D eigenvalue weighted by Crippen LogP contribution is 2.10. The molecule has 0 aromatic carbocycles. The lowest BCUT2D eigenvalue weighted by molar-refractivity contribution is -0.136. The molecule has 2 N–H and O–H groups in total. The van der Waals surface area contributed by atoms with Crippen LogP contribution in [0.25, 0.3) is 0 Å². The van der Waals surface area contributed by atoms with Gasteiger partial charge in [-0.05, 0) is 7.05 Å². The number of carboxylic acids is 1. The molecule has 0 amide bonds. The maximum Gasteiger partial charge on any atom is 0.309 e. The van der Waals surface area contributed by atoms with E-state index >= 15 is 0 Å². The standard InChI is InChI=1S/C8H12N2O2S/c1-9-3-2-7-10-6(5-13-7)4-8(11)12/h5,9H,2-4H2,1H3,(H,11,12). The smallest absolute Gasteiger partial charge is 0.309 e. The molecule has 0 atom stereocenters. The Morgan fingerprint density at radius 2 is 2.54 bits per heavy atom. The van der Waals surface area contributed by atoms with Crippen LogP contribution < -0.4 is 5.32 Å². The van der Waals surface area contributed by atoms with Crippen LogP contribution in [0.1, 0.15) is 10.7 Å². The minimum absolute atomic E-state index is 0.0239. The normalized spacial score (nSPS) is 10.2. The van der Waals surface area contributed by atoms with Crippen molar-refractivity contribution in [1.82, 2.24) is 10.3 Å². The summed E-state index contributed by atoms with van der Waals surface area (Å²) in [4.78, 5) is 14.5. The summed E-state index contributed by atoms with van der Waals surface area (Å²) in [5.74, 6) is -0.828. The molecule has 0 saturated carbocycles. The Morgan fingerprint density at radius 1 is 1.77 bits per heavy atom. The van der Waals surface area contributed by atoms with E-state index in [0.717, 1.165) is 18.0 Å². The van der Waals surface area contributed by atoms with Gasteiger partial charge in [0.1, 0.15) is 0 Å². The Labute approximate surface area is 80.6 Å². The SMILES string of the molecule is CNCCc1nc(CC(=O)O)cs1. The van der Waals surface area contributed by atoms with Gasteiger partial charge in [0.2, 0.25) is 0 Å². The van der Waals surface area contributed by atoms with Crippen LogP contribution in [0.2, 0.25) is 0 Å². The molecule has 0 spiro atoms. The van der Waals surface area contributed by atoms with Gasteiger partial charge in [-0.15, -0.1) is 11.3 Å². The van der Waals surface area contributed by atoms with Crippen LogP contribution in [-0.4, -0.2) is 29.7 Å². The van der Waals surface area contributed by atoms with E-state index in [9.17, 15) is 4.79 Å². The molecule has 4 nitrogen and oxygen atoms in total. The van der Waals surface area contributed by atoms with Crippen molar-refractivity contribution in [2.24, 2.45) is 0 Å². The van der Waals surface area contributed by atoms with Crippen molar-refractivity contribution in [3.8, 4) is 0 Å². The predicted molar refractivity (Wildman–Crippen MR) is 51.1 cm³/mol. The van der Waals surface area contributed by atoms with Crippen molar-refractivity contribution in [3.05, 3.63) is 16.1 Å². The summed E-state index contributed by atoms with van der Waals surface area (Å²) in [6.45, 7) is 0.875. The third-order valence-electron chi connectivity index (χ3n) is 1.52. The van der Waals surface area contributed by atoms with Gasteiger partial charge < -0.3 is 10.4 Å². The summed E-state index contributed by atoms with van der Waals surface area (Å²) in [7, 11) is 1.88. The summed E-state index contributed by atoms with van der Waals surface area (Å²) in [6.07, 6.45) is 0.886. The lowest BCUT2D eigenvalue weighted by atomic mass is 10.3. The van der Waals surface area contributed by atoms with E-state index in [1.54, 1.807) is 5.38 Å². The molecule has 1 rings (SSSR count). The first-order chi connectivity index (χ1) is 6.22. The van der Waals surface area contributed by atoms with Crippen LogP contribution >= 0.6 is 11.3 Å². The van der Waals surface area contributed by atoms with Crippen molar-refractivity contribution in [1.29, 1.82) is 0 Å². The maximum absolute atomic E-state index is 10.3. The van der Waals surface area contributed by atoms with Crippen LogP contribution in [-0.2, 0) is 17.6 Å². The fourth-order valence-electron chi connectivity index (χ4n) is 0.932. The van der Waals surface area contributed by atoms with Crippen LogP contribution in [0.4, 0.5) is 0 Å². The number of nitrogens with one attached hydrogen (secondary N) is 1. The van der Waals surface area contributed by atoms with E-state index < -0.39 is 5.97 Å². The van der Waals surface area contributed by atoms with Crippen molar-refractivity contribution in [2.75, 3.05) is 13.6 Å². The van der Waals surface area contributed by atoms with Gasteiger partial charge >= 0.3 is 5.97 Å². The number of hydrogen-bond donors (Lipinski definition) is 2. The third kappa shape index (κ3) is 3.52. The summed E-state index contributed by atoms with van der Waals surface area (Å²) in [5, 5.41) is 14.3. The molecule has 1 heterocycles. The van der Waals surface area contributed by atoms with Gasteiger partial charge in [0.25, 0.3) is 0 Å². The second-order valence-corrected chi connectivity index (χ2v) is 3.60. The minimum Gasteiger partial charge on any atom is -0.481 e. The molecule has 0 fully saturated rings. The van der Waals surface area contributed by atoms with Crippen LogP contribution in [0, 0.1) is 0 Å². The lowest BCUT2D eigenvalue weighted by Gasteiger charge is -1.93. The quantitative estimate of drug-likeness (QED) is 0.728. The van der Waals surface area contributed by atoms with E-state index in [4.69, 9.17) is 5.11 Å². The monoisotopic (exact) mass is 200 g/mol. The Morgan fingerprint density at radius 3 is 3.15 bits per heavy atom. The largest absolute Gasteiger partial charge is 0.481 e. The number of carboxylic acid groups (broad SMARTS) is 1. The van der Waals surface area contributed by atoms with E-state index in [-0.39, 0.29) is 6.42 Å². The first-order valence-corrected chi connectivity index (χ1v) is 4.90. The van der Waals surface area contributed by atoms with Gasteiger partial charge in [-0.25, -0.2) is 4.98 Å². The number of nitrogens with zero attached hydrogens (tertiary/aromatic N) is 1. The van der Waals surface area contributed by atoms with E-state index in [1.807, 2.05) is 7.05 Å². The molecule has 1 aromatic heterocycles. The minimum atomic E-state index is -0.828. The number of hydrogen-bond acceptors (Lipinski definition) is 4. The molecule has 0 radical (unpaired) electrons. The summed E-state index contributed by atoms with van der Waals surface area (Å²) >= 11 is 1.52. The molecule has 0 aliphatic carbocycles.